The highest BCUT2D eigenvalue weighted by molar-refractivity contribution is 7.93. The van der Waals surface area contributed by atoms with Gasteiger partial charge in [-0.05, 0) is 24.9 Å². The van der Waals surface area contributed by atoms with Crippen LogP contribution in [0.5, 0.6) is 0 Å². The zero-order chi connectivity index (χ0) is 10.5. The number of rotatable bonds is 4. The van der Waals surface area contributed by atoms with Crippen molar-refractivity contribution in [1.29, 1.82) is 0 Å². The molecule has 3 nitrogen and oxygen atoms in total. The molecule has 0 radical (unpaired) electrons. The Morgan fingerprint density at radius 1 is 1.47 bits per heavy atom. The molecule has 1 aliphatic carbocycles. The van der Waals surface area contributed by atoms with Gasteiger partial charge in [-0.15, -0.1) is 0 Å². The fraction of sp³-hybridized carbons (Fsp3) is 0.727. The molecule has 4 heteroatoms. The molecule has 0 N–H and O–H groups in total. The van der Waals surface area contributed by atoms with Gasteiger partial charge in [-0.25, -0.2) is 0 Å². The molecule has 0 unspecified atom stereocenters. The van der Waals surface area contributed by atoms with Crippen LogP contribution in [0.1, 0.15) is 43.7 Å². The summed E-state index contributed by atoms with van der Waals surface area (Å²) >= 11 is 1.40. The number of hydrogen-bond acceptors (Lipinski definition) is 3. The molecule has 1 aliphatic rings. The monoisotopic (exact) mass is 226 g/mol. The average molecular weight is 226 g/mol. The largest absolute Gasteiger partial charge is 0.311 e. The summed E-state index contributed by atoms with van der Waals surface area (Å²) in [5.74, 6) is 0. The van der Waals surface area contributed by atoms with Gasteiger partial charge in [0.05, 0.1) is 18.8 Å². The third-order valence-electron chi connectivity index (χ3n) is 2.95. The van der Waals surface area contributed by atoms with Gasteiger partial charge in [0.2, 0.25) is 0 Å². The van der Waals surface area contributed by atoms with E-state index < -0.39 is 0 Å². The first-order valence-corrected chi connectivity index (χ1v) is 6.74. The van der Waals surface area contributed by atoms with Crippen molar-refractivity contribution in [1.82, 2.24) is 9.78 Å². The lowest BCUT2D eigenvalue weighted by molar-refractivity contribution is 0.327. The minimum atomic E-state index is 0.627. The second-order valence-corrected chi connectivity index (χ2v) is 4.62. The van der Waals surface area contributed by atoms with Crippen LogP contribution in [-0.2, 0) is 10.8 Å². The van der Waals surface area contributed by atoms with Gasteiger partial charge < -0.3 is 4.18 Å². The second kappa shape index (κ2) is 5.56. The van der Waals surface area contributed by atoms with E-state index in [0.29, 0.717) is 12.6 Å². The van der Waals surface area contributed by atoms with E-state index in [4.69, 9.17) is 4.18 Å². The summed E-state index contributed by atoms with van der Waals surface area (Å²) in [6.45, 7) is 0.661. The molecule has 0 aliphatic heterocycles. The minimum absolute atomic E-state index is 0.627. The van der Waals surface area contributed by atoms with Crippen LogP contribution < -0.4 is 0 Å². The standard InChI is InChI=1S/C11H18N2OS/c1-15-14-9-10-7-12-13(8-10)11-5-3-2-4-6-11/h7-8,11H,2-6,9H2,1H3. The lowest BCUT2D eigenvalue weighted by Crippen LogP contribution is -2.12. The Morgan fingerprint density at radius 3 is 3.00 bits per heavy atom. The van der Waals surface area contributed by atoms with E-state index in [0.717, 1.165) is 0 Å². The maximum absolute atomic E-state index is 5.28. The summed E-state index contributed by atoms with van der Waals surface area (Å²) in [6.07, 6.45) is 12.6. The first-order chi connectivity index (χ1) is 7.40. The maximum atomic E-state index is 5.28. The van der Waals surface area contributed by atoms with Gasteiger partial charge in [0.1, 0.15) is 0 Å². The van der Waals surface area contributed by atoms with Crippen LogP contribution in [0.3, 0.4) is 0 Å². The van der Waals surface area contributed by atoms with Crippen molar-refractivity contribution in [3.05, 3.63) is 18.0 Å². The van der Waals surface area contributed by atoms with Gasteiger partial charge in [0.15, 0.2) is 0 Å². The van der Waals surface area contributed by atoms with Crippen LogP contribution in [0, 0.1) is 0 Å². The maximum Gasteiger partial charge on any atom is 0.0894 e. The predicted octanol–water partition coefficient (Wildman–Crippen LogP) is 3.18. The molecule has 15 heavy (non-hydrogen) atoms. The van der Waals surface area contributed by atoms with Gasteiger partial charge in [0, 0.05) is 18.0 Å². The SMILES string of the molecule is CSOCc1cnn(C2CCCCC2)c1. The van der Waals surface area contributed by atoms with Crippen LogP contribution in [0.15, 0.2) is 12.4 Å². The van der Waals surface area contributed by atoms with Gasteiger partial charge in [-0.1, -0.05) is 19.3 Å². The summed E-state index contributed by atoms with van der Waals surface area (Å²) < 4.78 is 7.41. The van der Waals surface area contributed by atoms with Crippen molar-refractivity contribution in [3.8, 4) is 0 Å². The van der Waals surface area contributed by atoms with Crippen LogP contribution in [-0.4, -0.2) is 16.0 Å². The highest BCUT2D eigenvalue weighted by Crippen LogP contribution is 2.27. The summed E-state index contributed by atoms with van der Waals surface area (Å²) in [4.78, 5) is 0. The number of hydrogen-bond donors (Lipinski definition) is 0. The molecule has 1 aromatic rings. The lowest BCUT2D eigenvalue weighted by Gasteiger charge is -2.21. The van der Waals surface area contributed by atoms with Crippen LogP contribution >= 0.6 is 12.0 Å². The normalized spacial score (nSPS) is 18.2. The quantitative estimate of drug-likeness (QED) is 0.738. The fourth-order valence-electron chi connectivity index (χ4n) is 2.12. The molecule has 1 heterocycles. The second-order valence-electron chi connectivity index (χ2n) is 4.05. The van der Waals surface area contributed by atoms with Gasteiger partial charge in [-0.2, -0.15) is 5.10 Å². The highest BCUT2D eigenvalue weighted by atomic mass is 32.2. The summed E-state index contributed by atoms with van der Waals surface area (Å²) in [6, 6.07) is 0.627. The molecule has 0 amide bonds. The predicted molar refractivity (Wildman–Crippen MR) is 62.7 cm³/mol. The van der Waals surface area contributed by atoms with E-state index in [1.807, 2.05) is 12.5 Å². The Kier molecular flexibility index (Phi) is 4.09. The van der Waals surface area contributed by atoms with Gasteiger partial charge in [0.25, 0.3) is 0 Å². The Balaban J connectivity index is 1.93. The zero-order valence-corrected chi connectivity index (χ0v) is 10.0. The van der Waals surface area contributed by atoms with Crippen molar-refractivity contribution in [3.63, 3.8) is 0 Å². The Morgan fingerprint density at radius 2 is 2.27 bits per heavy atom. The molecule has 0 spiro atoms. The van der Waals surface area contributed by atoms with Crippen molar-refractivity contribution in [2.45, 2.75) is 44.8 Å². The molecule has 1 aromatic heterocycles. The molecular weight excluding hydrogens is 208 g/mol. The van der Waals surface area contributed by atoms with E-state index >= 15 is 0 Å². The van der Waals surface area contributed by atoms with E-state index in [2.05, 4.69) is 16.0 Å². The van der Waals surface area contributed by atoms with E-state index in [1.165, 1.54) is 49.7 Å². The minimum Gasteiger partial charge on any atom is -0.311 e. The zero-order valence-electron chi connectivity index (χ0n) is 9.19. The molecule has 0 saturated heterocycles. The fourth-order valence-corrected chi connectivity index (χ4v) is 2.38. The van der Waals surface area contributed by atoms with Gasteiger partial charge in [-0.3, -0.25) is 4.68 Å². The third kappa shape index (κ3) is 2.98. The first kappa shape index (κ1) is 11.0. The highest BCUT2D eigenvalue weighted by Gasteiger charge is 2.15. The van der Waals surface area contributed by atoms with Crippen molar-refractivity contribution < 1.29 is 4.18 Å². The first-order valence-electron chi connectivity index (χ1n) is 5.59. The van der Waals surface area contributed by atoms with Crippen LogP contribution in [0.4, 0.5) is 0 Å². The van der Waals surface area contributed by atoms with Crippen molar-refractivity contribution >= 4 is 12.0 Å². The lowest BCUT2D eigenvalue weighted by atomic mass is 9.96. The topological polar surface area (TPSA) is 27.1 Å². The number of aromatic nitrogens is 2. The summed E-state index contributed by atoms with van der Waals surface area (Å²) in [5.41, 5.74) is 1.18. The van der Waals surface area contributed by atoms with Crippen LogP contribution in [0.2, 0.25) is 0 Å². The van der Waals surface area contributed by atoms with E-state index in [9.17, 15) is 0 Å². The average Bonchev–Trinajstić information content (AvgIpc) is 2.76. The number of nitrogens with zero attached hydrogens (tertiary/aromatic N) is 2. The van der Waals surface area contributed by atoms with Crippen molar-refractivity contribution in [2.75, 3.05) is 6.26 Å². The van der Waals surface area contributed by atoms with Crippen LogP contribution in [0.25, 0.3) is 0 Å². The molecule has 0 aromatic carbocycles. The Labute approximate surface area is 95.4 Å². The Bertz CT molecular complexity index is 295. The molecule has 84 valence electrons. The molecule has 1 saturated carbocycles. The summed E-state index contributed by atoms with van der Waals surface area (Å²) in [5, 5.41) is 4.42. The van der Waals surface area contributed by atoms with E-state index in [-0.39, 0.29) is 0 Å². The molecule has 0 bridgehead atoms. The molecule has 1 fully saturated rings. The van der Waals surface area contributed by atoms with Crippen molar-refractivity contribution in [2.24, 2.45) is 0 Å². The smallest absolute Gasteiger partial charge is 0.0894 e. The Hall–Kier alpha value is -0.480. The summed E-state index contributed by atoms with van der Waals surface area (Å²) in [7, 11) is 0. The molecule has 2 rings (SSSR count). The molecule has 0 atom stereocenters. The van der Waals surface area contributed by atoms with Gasteiger partial charge >= 0.3 is 0 Å². The van der Waals surface area contributed by atoms with E-state index in [1.54, 1.807) is 0 Å². The molecular formula is C11H18N2OS. The third-order valence-corrected chi connectivity index (χ3v) is 3.30.